The number of aryl methyl sites for hydroxylation is 1. The first-order valence-corrected chi connectivity index (χ1v) is 7.79. The Bertz CT molecular complexity index is 653. The predicted molar refractivity (Wildman–Crippen MR) is 90.9 cm³/mol. The lowest BCUT2D eigenvalue weighted by Crippen LogP contribution is -2.09. The highest BCUT2D eigenvalue weighted by Crippen LogP contribution is 2.40. The molecule has 2 rings (SSSR count). The van der Waals surface area contributed by atoms with E-state index in [0.717, 1.165) is 41.0 Å². The van der Waals surface area contributed by atoms with Gasteiger partial charge in [-0.1, -0.05) is 32.4 Å². The molecule has 0 atom stereocenters. The summed E-state index contributed by atoms with van der Waals surface area (Å²) >= 11 is 6.35. The van der Waals surface area contributed by atoms with Crippen LogP contribution in [0.25, 0.3) is 10.9 Å². The first kappa shape index (κ1) is 15.9. The summed E-state index contributed by atoms with van der Waals surface area (Å²) < 4.78 is 5.54. The van der Waals surface area contributed by atoms with Crippen LogP contribution in [-0.4, -0.2) is 18.6 Å². The highest BCUT2D eigenvalue weighted by Gasteiger charge is 2.19. The zero-order valence-corrected chi connectivity index (χ0v) is 14.1. The van der Waals surface area contributed by atoms with Gasteiger partial charge in [-0.3, -0.25) is 4.98 Å². The van der Waals surface area contributed by atoms with E-state index < -0.39 is 0 Å². The van der Waals surface area contributed by atoms with Crippen LogP contribution in [0.5, 0.6) is 5.75 Å². The number of halogens is 1. The normalized spacial score (nSPS) is 11.2. The number of nitrogens with one attached hydrogen (secondary N) is 1. The maximum absolute atomic E-state index is 6.35. The minimum atomic E-state index is 0.380. The van der Waals surface area contributed by atoms with Gasteiger partial charge in [-0.25, -0.2) is 0 Å². The number of aromatic nitrogens is 1. The maximum Gasteiger partial charge on any atom is 0.130 e. The Balaban J connectivity index is 2.87. The van der Waals surface area contributed by atoms with E-state index >= 15 is 0 Å². The van der Waals surface area contributed by atoms with Gasteiger partial charge >= 0.3 is 0 Å². The van der Waals surface area contributed by atoms with E-state index in [4.69, 9.17) is 21.3 Å². The van der Waals surface area contributed by atoms with Crippen molar-refractivity contribution in [3.8, 4) is 5.75 Å². The van der Waals surface area contributed by atoms with E-state index in [-0.39, 0.29) is 0 Å². The Labute approximate surface area is 131 Å². The fraction of sp³-hybridized carbons (Fsp3) is 0.471. The van der Waals surface area contributed by atoms with Crippen LogP contribution in [0.15, 0.2) is 12.1 Å². The van der Waals surface area contributed by atoms with Crippen molar-refractivity contribution < 1.29 is 4.74 Å². The van der Waals surface area contributed by atoms with Crippen LogP contribution in [0, 0.1) is 6.92 Å². The zero-order chi connectivity index (χ0) is 15.6. The lowest BCUT2D eigenvalue weighted by atomic mass is 9.96. The number of methoxy groups -OCH3 is 1. The van der Waals surface area contributed by atoms with Crippen molar-refractivity contribution in [3.63, 3.8) is 0 Å². The van der Waals surface area contributed by atoms with Crippen molar-refractivity contribution in [1.82, 2.24) is 4.98 Å². The number of rotatable bonds is 5. The van der Waals surface area contributed by atoms with Gasteiger partial charge < -0.3 is 10.1 Å². The molecule has 0 unspecified atom stereocenters. The van der Waals surface area contributed by atoms with Crippen molar-refractivity contribution in [2.24, 2.45) is 0 Å². The molecule has 3 nitrogen and oxygen atoms in total. The fourth-order valence-electron chi connectivity index (χ4n) is 2.75. The van der Waals surface area contributed by atoms with Crippen LogP contribution in [-0.2, 0) is 0 Å². The molecule has 0 saturated heterocycles. The van der Waals surface area contributed by atoms with Gasteiger partial charge in [0.1, 0.15) is 5.75 Å². The molecular weight excluding hydrogens is 284 g/mol. The lowest BCUT2D eigenvalue weighted by molar-refractivity contribution is 0.420. The summed E-state index contributed by atoms with van der Waals surface area (Å²) in [7, 11) is 1.68. The molecule has 1 aromatic carbocycles. The number of ether oxygens (including phenoxy) is 1. The quantitative estimate of drug-likeness (QED) is 0.829. The molecule has 1 N–H and O–H groups in total. The van der Waals surface area contributed by atoms with E-state index in [1.165, 1.54) is 5.56 Å². The van der Waals surface area contributed by atoms with Gasteiger partial charge in [0.15, 0.2) is 0 Å². The van der Waals surface area contributed by atoms with E-state index in [9.17, 15) is 0 Å². The van der Waals surface area contributed by atoms with E-state index in [0.29, 0.717) is 10.9 Å². The molecule has 1 aromatic heterocycles. The molecule has 0 saturated carbocycles. The molecule has 0 aliphatic carbocycles. The number of pyridine rings is 1. The number of hydrogen-bond donors (Lipinski definition) is 1. The van der Waals surface area contributed by atoms with Gasteiger partial charge in [-0.2, -0.15) is 0 Å². The molecule has 2 aromatic rings. The molecule has 4 heteroatoms. The molecule has 0 fully saturated rings. The number of nitrogens with zero attached hydrogens (tertiary/aromatic N) is 1. The van der Waals surface area contributed by atoms with Crippen LogP contribution < -0.4 is 10.1 Å². The summed E-state index contributed by atoms with van der Waals surface area (Å²) in [6, 6.07) is 3.75. The first-order valence-electron chi connectivity index (χ1n) is 7.41. The van der Waals surface area contributed by atoms with Gasteiger partial charge in [-0.15, -0.1) is 0 Å². The Hall–Kier alpha value is -1.48. The van der Waals surface area contributed by atoms with Gasteiger partial charge in [0, 0.05) is 12.2 Å². The monoisotopic (exact) mass is 306 g/mol. The Morgan fingerprint density at radius 2 is 2.05 bits per heavy atom. The number of anilines is 1. The second kappa shape index (κ2) is 6.52. The molecule has 0 amide bonds. The molecule has 114 valence electrons. The molecule has 21 heavy (non-hydrogen) atoms. The SMILES string of the molecule is CCCNc1c(C(C)C)c(C)nc2c(Cl)ccc(OC)c12. The summed E-state index contributed by atoms with van der Waals surface area (Å²) in [6.07, 6.45) is 1.06. The third-order valence-electron chi connectivity index (χ3n) is 3.63. The van der Waals surface area contributed by atoms with Crippen LogP contribution in [0.4, 0.5) is 5.69 Å². The molecular formula is C17H23ClN2O. The van der Waals surface area contributed by atoms with Gasteiger partial charge in [0.05, 0.1) is 28.7 Å². The topological polar surface area (TPSA) is 34.2 Å². The number of fused-ring (bicyclic) bond motifs is 1. The highest BCUT2D eigenvalue weighted by molar-refractivity contribution is 6.35. The average Bonchev–Trinajstić information content (AvgIpc) is 2.45. The number of benzene rings is 1. The summed E-state index contributed by atoms with van der Waals surface area (Å²) in [5, 5.41) is 5.19. The molecule has 0 aliphatic heterocycles. The van der Waals surface area contributed by atoms with Crippen molar-refractivity contribution in [1.29, 1.82) is 0 Å². The maximum atomic E-state index is 6.35. The minimum Gasteiger partial charge on any atom is -0.496 e. The lowest BCUT2D eigenvalue weighted by Gasteiger charge is -2.21. The zero-order valence-electron chi connectivity index (χ0n) is 13.4. The van der Waals surface area contributed by atoms with Crippen LogP contribution in [0.3, 0.4) is 0 Å². The highest BCUT2D eigenvalue weighted by atomic mass is 35.5. The van der Waals surface area contributed by atoms with Crippen LogP contribution in [0.2, 0.25) is 5.02 Å². The Morgan fingerprint density at radius 3 is 2.62 bits per heavy atom. The van der Waals surface area contributed by atoms with E-state index in [2.05, 4.69) is 26.1 Å². The third-order valence-corrected chi connectivity index (χ3v) is 3.93. The van der Waals surface area contributed by atoms with Gasteiger partial charge in [0.25, 0.3) is 0 Å². The van der Waals surface area contributed by atoms with E-state index in [1.54, 1.807) is 7.11 Å². The van der Waals surface area contributed by atoms with Crippen molar-refractivity contribution in [3.05, 3.63) is 28.4 Å². The summed E-state index contributed by atoms with van der Waals surface area (Å²) in [4.78, 5) is 4.72. The Morgan fingerprint density at radius 1 is 1.33 bits per heavy atom. The van der Waals surface area contributed by atoms with Crippen LogP contribution in [0.1, 0.15) is 44.4 Å². The average molecular weight is 307 g/mol. The second-order valence-corrected chi connectivity index (χ2v) is 5.95. The molecule has 0 radical (unpaired) electrons. The summed E-state index contributed by atoms with van der Waals surface area (Å²) in [5.41, 5.74) is 4.16. The van der Waals surface area contributed by atoms with Gasteiger partial charge in [0.2, 0.25) is 0 Å². The standard InChI is InChI=1S/C17H23ClN2O/c1-6-9-19-17-14(10(2)3)11(4)20-16-12(18)7-8-13(21-5)15(16)17/h7-8,10H,6,9H2,1-5H3,(H,19,20). The molecule has 0 spiro atoms. The number of hydrogen-bond acceptors (Lipinski definition) is 3. The molecule has 1 heterocycles. The van der Waals surface area contributed by atoms with Crippen molar-refractivity contribution in [2.45, 2.75) is 40.0 Å². The predicted octanol–water partition coefficient (Wildman–Crippen LogP) is 5.15. The minimum absolute atomic E-state index is 0.380. The summed E-state index contributed by atoms with van der Waals surface area (Å²) in [5.74, 6) is 1.19. The van der Waals surface area contributed by atoms with Crippen LogP contribution >= 0.6 is 11.6 Å². The Kier molecular flexibility index (Phi) is 4.94. The summed E-state index contributed by atoms with van der Waals surface area (Å²) in [6.45, 7) is 9.48. The van der Waals surface area contributed by atoms with E-state index in [1.807, 2.05) is 19.1 Å². The molecule has 0 bridgehead atoms. The fourth-order valence-corrected chi connectivity index (χ4v) is 2.95. The largest absolute Gasteiger partial charge is 0.496 e. The third kappa shape index (κ3) is 2.93. The van der Waals surface area contributed by atoms with Gasteiger partial charge in [-0.05, 0) is 37.0 Å². The second-order valence-electron chi connectivity index (χ2n) is 5.54. The molecule has 0 aliphatic rings. The first-order chi connectivity index (χ1) is 10.0. The van der Waals surface area contributed by atoms with Crippen molar-refractivity contribution in [2.75, 3.05) is 19.0 Å². The smallest absolute Gasteiger partial charge is 0.130 e. The van der Waals surface area contributed by atoms with Crippen molar-refractivity contribution >= 4 is 28.2 Å².